The van der Waals surface area contributed by atoms with E-state index in [1.165, 1.54) is 128 Å². The van der Waals surface area contributed by atoms with Crippen molar-refractivity contribution in [1.29, 1.82) is 0 Å². The number of rotatable bonds is 36. The van der Waals surface area contributed by atoms with E-state index in [1.807, 2.05) is 21.1 Å². The Morgan fingerprint density at radius 3 is 1.52 bits per heavy atom. The smallest absolute Gasteiger partial charge is 0.379 e. The standard InChI is InChI=1S/C35H74NO7P/c1-6-8-9-10-11-12-13-16-19-22-26-35(25-7-2)41-29-24-21-18-15-14-17-20-23-28-39-31-32-40-33-34-43-44(37,38)42-30-27-36(3,4)5/h35H,6-34H2,1-5H3/p+1. The highest BCUT2D eigenvalue weighted by atomic mass is 31.2. The number of quaternary nitrogens is 1. The van der Waals surface area contributed by atoms with E-state index in [0.29, 0.717) is 30.3 Å². The number of phosphoric acid groups is 1. The topological polar surface area (TPSA) is 83.5 Å². The van der Waals surface area contributed by atoms with E-state index in [4.69, 9.17) is 23.3 Å². The molecule has 0 aliphatic rings. The molecule has 266 valence electrons. The summed E-state index contributed by atoms with van der Waals surface area (Å²) in [5, 5.41) is 0. The maximum absolute atomic E-state index is 11.8. The van der Waals surface area contributed by atoms with Crippen molar-refractivity contribution in [2.75, 3.05) is 73.9 Å². The number of phosphoric ester groups is 1. The van der Waals surface area contributed by atoms with Crippen molar-refractivity contribution in [2.24, 2.45) is 0 Å². The molecule has 0 fully saturated rings. The molecule has 8 nitrogen and oxygen atoms in total. The third-order valence-corrected chi connectivity index (χ3v) is 8.92. The molecule has 0 spiro atoms. The van der Waals surface area contributed by atoms with Crippen LogP contribution in [0, 0.1) is 0 Å². The fourth-order valence-electron chi connectivity index (χ4n) is 5.11. The predicted molar refractivity (Wildman–Crippen MR) is 184 cm³/mol. The van der Waals surface area contributed by atoms with Crippen LogP contribution in [0.3, 0.4) is 0 Å². The number of ether oxygens (including phenoxy) is 3. The Kier molecular flexibility index (Phi) is 31.5. The molecule has 0 aliphatic carbocycles. The number of hydrogen-bond acceptors (Lipinski definition) is 6. The van der Waals surface area contributed by atoms with Gasteiger partial charge < -0.3 is 23.6 Å². The minimum atomic E-state index is -4.01. The van der Waals surface area contributed by atoms with Crippen LogP contribution in [0.4, 0.5) is 0 Å². The summed E-state index contributed by atoms with van der Waals surface area (Å²) in [6.45, 7) is 8.26. The number of nitrogens with zero attached hydrogens (tertiary/aromatic N) is 1. The predicted octanol–water partition coefficient (Wildman–Crippen LogP) is 9.48. The Labute approximate surface area is 273 Å². The highest BCUT2D eigenvalue weighted by molar-refractivity contribution is 7.47. The van der Waals surface area contributed by atoms with E-state index in [2.05, 4.69) is 13.8 Å². The van der Waals surface area contributed by atoms with Gasteiger partial charge in [0.1, 0.15) is 13.2 Å². The van der Waals surface area contributed by atoms with Gasteiger partial charge in [-0.3, -0.25) is 9.05 Å². The molecule has 0 rings (SSSR count). The molecule has 0 aromatic rings. The van der Waals surface area contributed by atoms with E-state index < -0.39 is 7.82 Å². The molecule has 2 unspecified atom stereocenters. The monoisotopic (exact) mass is 653 g/mol. The SMILES string of the molecule is CCCCCCCCCCCCC(CCC)OCCCCCCCCCCOCCOCCOP(=O)(O)OCC[N+](C)(C)C. The Bertz CT molecular complexity index is 633. The van der Waals surface area contributed by atoms with Crippen molar-refractivity contribution in [3.63, 3.8) is 0 Å². The summed E-state index contributed by atoms with van der Waals surface area (Å²) in [4.78, 5) is 9.66. The first-order valence-corrected chi connectivity index (χ1v) is 19.9. The van der Waals surface area contributed by atoms with Gasteiger partial charge in [-0.2, -0.15) is 0 Å². The molecule has 44 heavy (non-hydrogen) atoms. The Balaban J connectivity index is 3.42. The third kappa shape index (κ3) is 34.8. The minimum absolute atomic E-state index is 0.0178. The number of unbranched alkanes of at least 4 members (excludes halogenated alkanes) is 16. The number of hydrogen-bond donors (Lipinski definition) is 1. The number of likely N-dealkylation sites (N-methyl/N-ethyl adjacent to an activating group) is 1. The molecule has 0 saturated carbocycles. The van der Waals surface area contributed by atoms with E-state index >= 15 is 0 Å². The zero-order valence-corrected chi connectivity index (χ0v) is 30.8. The van der Waals surface area contributed by atoms with Crippen LogP contribution in [0.1, 0.15) is 149 Å². The van der Waals surface area contributed by atoms with E-state index in [1.54, 1.807) is 0 Å². The summed E-state index contributed by atoms with van der Waals surface area (Å²) >= 11 is 0. The van der Waals surface area contributed by atoms with Crippen LogP contribution < -0.4 is 0 Å². The van der Waals surface area contributed by atoms with Gasteiger partial charge in [-0.15, -0.1) is 0 Å². The van der Waals surface area contributed by atoms with E-state index in [-0.39, 0.29) is 19.8 Å². The van der Waals surface area contributed by atoms with Gasteiger partial charge in [0, 0.05) is 13.2 Å². The quantitative estimate of drug-likeness (QED) is 0.0410. The summed E-state index contributed by atoms with van der Waals surface area (Å²) in [5.41, 5.74) is 0. The lowest BCUT2D eigenvalue weighted by molar-refractivity contribution is -0.870. The lowest BCUT2D eigenvalue weighted by Gasteiger charge is -2.24. The summed E-state index contributed by atoms with van der Waals surface area (Å²) in [5.74, 6) is 0. The van der Waals surface area contributed by atoms with Crippen molar-refractivity contribution in [2.45, 2.75) is 155 Å². The molecular formula is C35H75NO7P+. The van der Waals surface area contributed by atoms with Crippen molar-refractivity contribution in [1.82, 2.24) is 0 Å². The first kappa shape index (κ1) is 43.9. The maximum Gasteiger partial charge on any atom is 0.472 e. The molecule has 0 heterocycles. The Hall–Kier alpha value is -0.0500. The van der Waals surface area contributed by atoms with Crippen LogP contribution in [-0.4, -0.2) is 89.4 Å². The van der Waals surface area contributed by atoms with Crippen LogP contribution in [0.15, 0.2) is 0 Å². The van der Waals surface area contributed by atoms with Gasteiger partial charge in [0.2, 0.25) is 0 Å². The van der Waals surface area contributed by atoms with Crippen LogP contribution in [0.5, 0.6) is 0 Å². The highest BCUT2D eigenvalue weighted by Gasteiger charge is 2.22. The second kappa shape index (κ2) is 31.5. The van der Waals surface area contributed by atoms with Gasteiger partial charge in [0.05, 0.1) is 53.7 Å². The average molecular weight is 653 g/mol. The van der Waals surface area contributed by atoms with Gasteiger partial charge in [0.25, 0.3) is 0 Å². The minimum Gasteiger partial charge on any atom is -0.379 e. The van der Waals surface area contributed by atoms with Crippen molar-refractivity contribution in [3.05, 3.63) is 0 Å². The zero-order chi connectivity index (χ0) is 32.6. The zero-order valence-electron chi connectivity index (χ0n) is 29.9. The fraction of sp³-hybridized carbons (Fsp3) is 1.00. The summed E-state index contributed by atoms with van der Waals surface area (Å²) in [6, 6.07) is 0. The van der Waals surface area contributed by atoms with Gasteiger partial charge in [0.15, 0.2) is 0 Å². The molecule has 0 aromatic heterocycles. The van der Waals surface area contributed by atoms with Crippen molar-refractivity contribution in [3.8, 4) is 0 Å². The largest absolute Gasteiger partial charge is 0.472 e. The lowest BCUT2D eigenvalue weighted by Crippen LogP contribution is -2.37. The van der Waals surface area contributed by atoms with Crippen LogP contribution >= 0.6 is 7.82 Å². The summed E-state index contributed by atoms with van der Waals surface area (Å²) in [6.07, 6.45) is 28.1. The van der Waals surface area contributed by atoms with Crippen molar-refractivity contribution < 1.29 is 37.2 Å². The van der Waals surface area contributed by atoms with Gasteiger partial charge >= 0.3 is 7.82 Å². The third-order valence-electron chi connectivity index (χ3n) is 7.90. The van der Waals surface area contributed by atoms with Gasteiger partial charge in [-0.1, -0.05) is 123 Å². The molecule has 9 heteroatoms. The van der Waals surface area contributed by atoms with E-state index in [9.17, 15) is 9.46 Å². The average Bonchev–Trinajstić information content (AvgIpc) is 2.96. The summed E-state index contributed by atoms with van der Waals surface area (Å²) < 4.78 is 39.6. The first-order valence-electron chi connectivity index (χ1n) is 18.4. The molecule has 0 radical (unpaired) electrons. The van der Waals surface area contributed by atoms with Crippen LogP contribution in [0.25, 0.3) is 0 Å². The second-order valence-corrected chi connectivity index (χ2v) is 14.9. The molecule has 1 N–H and O–H groups in total. The Morgan fingerprint density at radius 2 is 0.977 bits per heavy atom. The first-order chi connectivity index (χ1) is 21.2. The normalized spacial score (nSPS) is 14.2. The molecule has 0 aromatic carbocycles. The van der Waals surface area contributed by atoms with E-state index in [0.717, 1.165) is 19.6 Å². The van der Waals surface area contributed by atoms with Crippen LogP contribution in [-0.2, 0) is 27.8 Å². The lowest BCUT2D eigenvalue weighted by atomic mass is 10.0. The second-order valence-electron chi connectivity index (χ2n) is 13.5. The van der Waals surface area contributed by atoms with Crippen molar-refractivity contribution >= 4 is 7.82 Å². The summed E-state index contributed by atoms with van der Waals surface area (Å²) in [7, 11) is 1.96. The molecule has 0 bridgehead atoms. The Morgan fingerprint density at radius 1 is 0.523 bits per heavy atom. The molecular weight excluding hydrogens is 577 g/mol. The van der Waals surface area contributed by atoms with Gasteiger partial charge in [-0.05, 0) is 25.7 Å². The fourth-order valence-corrected chi connectivity index (χ4v) is 5.80. The molecule has 2 atom stereocenters. The van der Waals surface area contributed by atoms with Crippen LogP contribution in [0.2, 0.25) is 0 Å². The molecule has 0 saturated heterocycles. The molecule has 0 amide bonds. The maximum atomic E-state index is 11.8. The van der Waals surface area contributed by atoms with Gasteiger partial charge in [-0.25, -0.2) is 4.57 Å². The molecule has 0 aliphatic heterocycles. The highest BCUT2D eigenvalue weighted by Crippen LogP contribution is 2.42.